The Hall–Kier alpha value is -2.70. The van der Waals surface area contributed by atoms with Crippen LogP contribution in [0.15, 0.2) is 40.0 Å². The van der Waals surface area contributed by atoms with E-state index < -0.39 is 0 Å². The molecule has 0 saturated heterocycles. The van der Waals surface area contributed by atoms with Crippen LogP contribution >= 0.6 is 0 Å². The summed E-state index contributed by atoms with van der Waals surface area (Å²) in [5, 5.41) is 9.28. The van der Waals surface area contributed by atoms with Crippen LogP contribution < -0.4 is 4.74 Å². The summed E-state index contributed by atoms with van der Waals surface area (Å²) in [5.41, 5.74) is 0.621. The van der Waals surface area contributed by atoms with Crippen molar-refractivity contribution >= 4 is 11.6 Å². The van der Waals surface area contributed by atoms with Gasteiger partial charge in [-0.1, -0.05) is 23.4 Å². The summed E-state index contributed by atoms with van der Waals surface area (Å²) in [6.45, 7) is 0.218. The third kappa shape index (κ3) is 3.07. The molecule has 0 saturated carbocycles. The van der Waals surface area contributed by atoms with Crippen LogP contribution in [0.4, 0.5) is 0 Å². The molecular weight excluding hydrogens is 272 g/mol. The van der Waals surface area contributed by atoms with E-state index in [9.17, 15) is 4.79 Å². The number of carbonyl (C=O) groups excluding carboxylic acids is 1. The number of benzene rings is 1. The molecule has 0 radical (unpaired) electrons. The molecule has 0 aliphatic carbocycles. The van der Waals surface area contributed by atoms with Crippen LogP contribution in [0.25, 0.3) is 0 Å². The molecule has 0 atom stereocenters. The van der Waals surface area contributed by atoms with E-state index in [1.165, 1.54) is 5.01 Å². The Kier molecular flexibility index (Phi) is 3.63. The van der Waals surface area contributed by atoms with Gasteiger partial charge in [-0.15, -0.1) is 0 Å². The van der Waals surface area contributed by atoms with Crippen molar-refractivity contribution in [3.05, 3.63) is 42.0 Å². The fourth-order valence-corrected chi connectivity index (χ4v) is 1.92. The SMILES string of the molecule is CN1N=C(c2nc(COc3ccccc3)no2)CCC1=O. The van der Waals surface area contributed by atoms with Crippen molar-refractivity contribution in [2.45, 2.75) is 19.4 Å². The van der Waals surface area contributed by atoms with Gasteiger partial charge in [-0.3, -0.25) is 4.79 Å². The van der Waals surface area contributed by atoms with Gasteiger partial charge in [0, 0.05) is 19.9 Å². The van der Waals surface area contributed by atoms with Crippen LogP contribution in [0, 0.1) is 0 Å². The zero-order valence-electron chi connectivity index (χ0n) is 11.5. The van der Waals surface area contributed by atoms with Gasteiger partial charge in [0.1, 0.15) is 11.5 Å². The van der Waals surface area contributed by atoms with Crippen LogP contribution in [-0.2, 0) is 11.4 Å². The molecule has 3 rings (SSSR count). The van der Waals surface area contributed by atoms with Crippen molar-refractivity contribution in [2.75, 3.05) is 7.05 Å². The third-order valence-corrected chi connectivity index (χ3v) is 3.03. The van der Waals surface area contributed by atoms with E-state index in [0.717, 1.165) is 5.75 Å². The molecule has 1 aromatic heterocycles. The van der Waals surface area contributed by atoms with Crippen molar-refractivity contribution in [1.29, 1.82) is 0 Å². The maximum absolute atomic E-state index is 11.4. The number of para-hydroxylation sites is 1. The molecule has 1 aromatic carbocycles. The van der Waals surface area contributed by atoms with Gasteiger partial charge >= 0.3 is 0 Å². The normalized spacial score (nSPS) is 15.0. The molecule has 21 heavy (non-hydrogen) atoms. The zero-order chi connectivity index (χ0) is 14.7. The summed E-state index contributed by atoms with van der Waals surface area (Å²) in [7, 11) is 1.61. The molecule has 2 aromatic rings. The van der Waals surface area contributed by atoms with Gasteiger partial charge in [-0.05, 0) is 12.1 Å². The summed E-state index contributed by atoms with van der Waals surface area (Å²) in [5.74, 6) is 1.49. The van der Waals surface area contributed by atoms with Gasteiger partial charge in [0.15, 0.2) is 6.61 Å². The molecule has 7 heteroatoms. The highest BCUT2D eigenvalue weighted by Gasteiger charge is 2.22. The molecule has 7 nitrogen and oxygen atoms in total. The van der Waals surface area contributed by atoms with Crippen LogP contribution in [0.5, 0.6) is 5.75 Å². The van der Waals surface area contributed by atoms with E-state index in [2.05, 4.69) is 15.2 Å². The van der Waals surface area contributed by atoms with Crippen molar-refractivity contribution in [2.24, 2.45) is 5.10 Å². The predicted octanol–water partition coefficient (Wildman–Crippen LogP) is 1.60. The van der Waals surface area contributed by atoms with Crippen LogP contribution in [0.1, 0.15) is 24.6 Å². The smallest absolute Gasteiger partial charge is 0.274 e. The van der Waals surface area contributed by atoms with E-state index in [1.54, 1.807) is 7.05 Å². The molecule has 0 spiro atoms. The summed E-state index contributed by atoms with van der Waals surface area (Å²) < 4.78 is 10.7. The lowest BCUT2D eigenvalue weighted by Gasteiger charge is -2.17. The molecule has 0 N–H and O–H groups in total. The highest BCUT2D eigenvalue weighted by atomic mass is 16.5. The van der Waals surface area contributed by atoms with E-state index in [-0.39, 0.29) is 12.5 Å². The number of aromatic nitrogens is 2. The summed E-state index contributed by atoms with van der Waals surface area (Å²) >= 11 is 0. The summed E-state index contributed by atoms with van der Waals surface area (Å²) in [4.78, 5) is 15.6. The van der Waals surface area contributed by atoms with Gasteiger partial charge < -0.3 is 9.26 Å². The van der Waals surface area contributed by atoms with Crippen molar-refractivity contribution in [3.63, 3.8) is 0 Å². The van der Waals surface area contributed by atoms with E-state index in [1.807, 2.05) is 30.3 Å². The Morgan fingerprint density at radius 1 is 1.29 bits per heavy atom. The minimum atomic E-state index is -0.0223. The maximum Gasteiger partial charge on any atom is 0.274 e. The van der Waals surface area contributed by atoms with Gasteiger partial charge in [0.2, 0.25) is 11.7 Å². The number of ether oxygens (including phenoxy) is 1. The summed E-state index contributed by atoms with van der Waals surface area (Å²) in [6.07, 6.45) is 0.901. The lowest BCUT2D eigenvalue weighted by molar-refractivity contribution is -0.130. The quantitative estimate of drug-likeness (QED) is 0.852. The molecule has 0 unspecified atom stereocenters. The average Bonchev–Trinajstić information content (AvgIpc) is 2.98. The number of hydrogen-bond donors (Lipinski definition) is 0. The van der Waals surface area contributed by atoms with Gasteiger partial charge in [0.05, 0.1) is 0 Å². The standard InChI is InChI=1S/C14H14N4O3/c1-18-13(19)8-7-11(16-18)14-15-12(17-21-14)9-20-10-5-3-2-4-6-10/h2-6H,7-9H2,1H3. The number of rotatable bonds is 4. The fraction of sp³-hybridized carbons (Fsp3) is 0.286. The first-order chi connectivity index (χ1) is 10.2. The summed E-state index contributed by atoms with van der Waals surface area (Å²) in [6, 6.07) is 9.40. The fourth-order valence-electron chi connectivity index (χ4n) is 1.92. The van der Waals surface area contributed by atoms with E-state index in [0.29, 0.717) is 30.3 Å². The first-order valence-corrected chi connectivity index (χ1v) is 6.57. The Morgan fingerprint density at radius 3 is 2.86 bits per heavy atom. The number of hydrogen-bond acceptors (Lipinski definition) is 6. The highest BCUT2D eigenvalue weighted by Crippen LogP contribution is 2.14. The molecule has 2 heterocycles. The lowest BCUT2D eigenvalue weighted by atomic mass is 10.2. The average molecular weight is 286 g/mol. The second-order valence-electron chi connectivity index (χ2n) is 4.58. The molecule has 0 fully saturated rings. The maximum atomic E-state index is 11.4. The molecular formula is C14H14N4O3. The first-order valence-electron chi connectivity index (χ1n) is 6.57. The number of nitrogens with zero attached hydrogens (tertiary/aromatic N) is 4. The van der Waals surface area contributed by atoms with Crippen LogP contribution in [-0.4, -0.2) is 33.8 Å². The monoisotopic (exact) mass is 286 g/mol. The van der Waals surface area contributed by atoms with Crippen LogP contribution in [0.3, 0.4) is 0 Å². The second kappa shape index (κ2) is 5.74. The molecule has 0 bridgehead atoms. The molecule has 1 amide bonds. The molecule has 1 aliphatic rings. The van der Waals surface area contributed by atoms with Crippen LogP contribution in [0.2, 0.25) is 0 Å². The first kappa shape index (κ1) is 13.3. The number of hydrazone groups is 1. The lowest BCUT2D eigenvalue weighted by Crippen LogP contribution is -2.28. The van der Waals surface area contributed by atoms with Crippen molar-refractivity contribution in [1.82, 2.24) is 15.1 Å². The van der Waals surface area contributed by atoms with Crippen molar-refractivity contribution < 1.29 is 14.1 Å². The Balaban J connectivity index is 1.67. The Bertz CT molecular complexity index is 666. The van der Waals surface area contributed by atoms with Gasteiger partial charge in [-0.25, -0.2) is 5.01 Å². The van der Waals surface area contributed by atoms with Gasteiger partial charge in [0.25, 0.3) is 5.89 Å². The zero-order valence-corrected chi connectivity index (χ0v) is 11.5. The predicted molar refractivity (Wildman–Crippen MR) is 73.6 cm³/mol. The largest absolute Gasteiger partial charge is 0.485 e. The second-order valence-corrected chi connectivity index (χ2v) is 4.58. The number of amides is 1. The van der Waals surface area contributed by atoms with Gasteiger partial charge in [-0.2, -0.15) is 10.1 Å². The van der Waals surface area contributed by atoms with Crippen molar-refractivity contribution in [3.8, 4) is 5.75 Å². The number of carbonyl (C=O) groups is 1. The minimum Gasteiger partial charge on any atom is -0.485 e. The topological polar surface area (TPSA) is 80.8 Å². The Labute approximate surface area is 121 Å². The van der Waals surface area contributed by atoms with E-state index in [4.69, 9.17) is 9.26 Å². The molecule has 108 valence electrons. The van der Waals surface area contributed by atoms with E-state index >= 15 is 0 Å². The third-order valence-electron chi connectivity index (χ3n) is 3.03. The minimum absolute atomic E-state index is 0.0223. The highest BCUT2D eigenvalue weighted by molar-refractivity contribution is 6.00. The Morgan fingerprint density at radius 2 is 2.10 bits per heavy atom. The molecule has 1 aliphatic heterocycles.